The van der Waals surface area contributed by atoms with Crippen LogP contribution in [-0.2, 0) is 16.1 Å². The minimum Gasteiger partial charge on any atom is -0.480 e. The zero-order valence-electron chi connectivity index (χ0n) is 10.2. The molecule has 0 aliphatic carbocycles. The van der Waals surface area contributed by atoms with Gasteiger partial charge in [0.1, 0.15) is 6.04 Å². The number of thiophene rings is 1. The second-order valence-electron chi connectivity index (χ2n) is 4.66. The van der Waals surface area contributed by atoms with Crippen LogP contribution in [0.3, 0.4) is 0 Å². The summed E-state index contributed by atoms with van der Waals surface area (Å²) in [4.78, 5) is 25.4. The van der Waals surface area contributed by atoms with Gasteiger partial charge in [-0.25, -0.2) is 4.79 Å². The molecular formula is C14H13NO3S. The van der Waals surface area contributed by atoms with Crippen molar-refractivity contribution in [2.24, 2.45) is 0 Å². The number of carboxylic acids is 1. The molecule has 1 fully saturated rings. The van der Waals surface area contributed by atoms with Crippen LogP contribution in [0.5, 0.6) is 0 Å². The molecule has 1 aliphatic rings. The Labute approximate surface area is 114 Å². The molecule has 0 bridgehead atoms. The quantitative estimate of drug-likeness (QED) is 0.936. The van der Waals surface area contributed by atoms with Crippen molar-refractivity contribution in [1.29, 1.82) is 0 Å². The molecule has 1 saturated heterocycles. The van der Waals surface area contributed by atoms with Crippen LogP contribution in [0.15, 0.2) is 30.3 Å². The standard InChI is InChI=1S/C14H13NO3S/c16-13-6-5-11(14(17)18)15(13)8-10-7-9-3-1-2-4-12(9)19-10/h1-4,7,11H,5-6,8H2,(H,17,18). The third-order valence-corrected chi connectivity index (χ3v) is 4.52. The molecule has 1 unspecified atom stereocenters. The first kappa shape index (κ1) is 12.2. The monoisotopic (exact) mass is 275 g/mol. The van der Waals surface area contributed by atoms with E-state index in [1.807, 2.05) is 30.3 Å². The molecule has 19 heavy (non-hydrogen) atoms. The second kappa shape index (κ2) is 4.66. The molecule has 5 heteroatoms. The van der Waals surface area contributed by atoms with Crippen molar-refractivity contribution in [3.05, 3.63) is 35.2 Å². The smallest absolute Gasteiger partial charge is 0.326 e. The van der Waals surface area contributed by atoms with Gasteiger partial charge in [-0.2, -0.15) is 0 Å². The van der Waals surface area contributed by atoms with E-state index in [4.69, 9.17) is 5.11 Å². The predicted molar refractivity (Wildman–Crippen MR) is 73.0 cm³/mol. The van der Waals surface area contributed by atoms with Crippen LogP contribution in [0.1, 0.15) is 17.7 Å². The van der Waals surface area contributed by atoms with Crippen LogP contribution < -0.4 is 0 Å². The third-order valence-electron chi connectivity index (χ3n) is 3.42. The summed E-state index contributed by atoms with van der Waals surface area (Å²) in [6.07, 6.45) is 0.751. The van der Waals surface area contributed by atoms with Crippen LogP contribution in [-0.4, -0.2) is 27.9 Å². The lowest BCUT2D eigenvalue weighted by molar-refractivity contribution is -0.146. The Kier molecular flexibility index (Phi) is 2.98. The van der Waals surface area contributed by atoms with Gasteiger partial charge in [-0.1, -0.05) is 18.2 Å². The number of rotatable bonds is 3. The molecule has 1 aromatic heterocycles. The largest absolute Gasteiger partial charge is 0.480 e. The highest BCUT2D eigenvalue weighted by molar-refractivity contribution is 7.19. The van der Waals surface area contributed by atoms with Gasteiger partial charge in [-0.05, 0) is 23.9 Å². The van der Waals surface area contributed by atoms with Gasteiger partial charge in [0.2, 0.25) is 5.91 Å². The molecule has 1 aliphatic heterocycles. The Morgan fingerprint density at radius 1 is 1.42 bits per heavy atom. The van der Waals surface area contributed by atoms with Crippen LogP contribution in [0.4, 0.5) is 0 Å². The van der Waals surface area contributed by atoms with Gasteiger partial charge < -0.3 is 10.0 Å². The Balaban J connectivity index is 1.87. The van der Waals surface area contributed by atoms with E-state index in [2.05, 4.69) is 0 Å². The summed E-state index contributed by atoms with van der Waals surface area (Å²) in [7, 11) is 0. The summed E-state index contributed by atoms with van der Waals surface area (Å²) >= 11 is 1.61. The molecule has 0 saturated carbocycles. The Hall–Kier alpha value is -1.88. The summed E-state index contributed by atoms with van der Waals surface area (Å²) in [5.74, 6) is -0.975. The van der Waals surface area contributed by atoms with Gasteiger partial charge in [0.15, 0.2) is 0 Å². The van der Waals surface area contributed by atoms with E-state index in [-0.39, 0.29) is 5.91 Å². The molecule has 4 nitrogen and oxygen atoms in total. The minimum absolute atomic E-state index is 0.0649. The number of carbonyl (C=O) groups excluding carboxylic acids is 1. The number of carbonyl (C=O) groups is 2. The number of hydrogen-bond acceptors (Lipinski definition) is 3. The number of benzene rings is 1. The number of hydrogen-bond donors (Lipinski definition) is 1. The molecule has 1 aromatic carbocycles. The Morgan fingerprint density at radius 3 is 2.95 bits per heavy atom. The maximum Gasteiger partial charge on any atom is 0.326 e. The maximum absolute atomic E-state index is 11.8. The van der Waals surface area contributed by atoms with E-state index < -0.39 is 12.0 Å². The lowest BCUT2D eigenvalue weighted by atomic mass is 10.2. The minimum atomic E-state index is -0.910. The van der Waals surface area contributed by atoms with Gasteiger partial charge in [-0.3, -0.25) is 4.79 Å². The van der Waals surface area contributed by atoms with Gasteiger partial charge >= 0.3 is 5.97 Å². The van der Waals surface area contributed by atoms with Gasteiger partial charge in [0.25, 0.3) is 0 Å². The molecule has 3 rings (SSSR count). The first-order valence-corrected chi connectivity index (χ1v) is 6.96. The number of carboxylic acid groups (broad SMARTS) is 1. The number of amides is 1. The summed E-state index contributed by atoms with van der Waals surface area (Å²) in [5.41, 5.74) is 0. The molecule has 2 heterocycles. The van der Waals surface area contributed by atoms with E-state index in [0.29, 0.717) is 19.4 Å². The van der Waals surface area contributed by atoms with Crippen LogP contribution in [0.25, 0.3) is 10.1 Å². The van der Waals surface area contributed by atoms with Gasteiger partial charge in [-0.15, -0.1) is 11.3 Å². The lowest BCUT2D eigenvalue weighted by Gasteiger charge is -2.20. The molecule has 1 atom stereocenters. The molecule has 98 valence electrons. The van der Waals surface area contributed by atoms with Gasteiger partial charge in [0.05, 0.1) is 6.54 Å². The molecule has 0 spiro atoms. The second-order valence-corrected chi connectivity index (χ2v) is 5.83. The highest BCUT2D eigenvalue weighted by Crippen LogP contribution is 2.29. The van der Waals surface area contributed by atoms with Crippen molar-refractivity contribution >= 4 is 33.3 Å². The zero-order chi connectivity index (χ0) is 13.4. The maximum atomic E-state index is 11.8. The molecule has 0 radical (unpaired) electrons. The fourth-order valence-corrected chi connectivity index (χ4v) is 3.53. The fraction of sp³-hybridized carbons (Fsp3) is 0.286. The highest BCUT2D eigenvalue weighted by atomic mass is 32.1. The molecule has 1 N–H and O–H groups in total. The molecular weight excluding hydrogens is 262 g/mol. The summed E-state index contributed by atoms with van der Waals surface area (Å²) in [6, 6.07) is 9.37. The Bertz CT molecular complexity index is 616. The SMILES string of the molecule is O=C(O)C1CCC(=O)N1Cc1cc2ccccc2s1. The number of aliphatic carboxylic acids is 1. The Morgan fingerprint density at radius 2 is 2.21 bits per heavy atom. The predicted octanol–water partition coefficient (Wildman–Crippen LogP) is 2.48. The summed E-state index contributed by atoms with van der Waals surface area (Å²) in [5, 5.41) is 10.3. The van der Waals surface area contributed by atoms with E-state index in [1.54, 1.807) is 11.3 Å². The van der Waals surface area contributed by atoms with Crippen molar-refractivity contribution in [3.63, 3.8) is 0 Å². The van der Waals surface area contributed by atoms with Crippen LogP contribution in [0.2, 0.25) is 0 Å². The van der Waals surface area contributed by atoms with E-state index >= 15 is 0 Å². The third kappa shape index (κ3) is 2.21. The zero-order valence-corrected chi connectivity index (χ0v) is 11.0. The lowest BCUT2D eigenvalue weighted by Crippen LogP contribution is -2.37. The molecule has 1 amide bonds. The molecule has 2 aromatic rings. The van der Waals surface area contributed by atoms with Crippen molar-refractivity contribution in [2.45, 2.75) is 25.4 Å². The number of fused-ring (bicyclic) bond motifs is 1. The van der Waals surface area contributed by atoms with Crippen LogP contribution >= 0.6 is 11.3 Å². The summed E-state index contributed by atoms with van der Waals surface area (Å²) in [6.45, 7) is 0.398. The average molecular weight is 275 g/mol. The summed E-state index contributed by atoms with van der Waals surface area (Å²) < 4.78 is 1.16. The first-order valence-electron chi connectivity index (χ1n) is 6.15. The first-order chi connectivity index (χ1) is 9.15. The van der Waals surface area contributed by atoms with Crippen molar-refractivity contribution in [3.8, 4) is 0 Å². The van der Waals surface area contributed by atoms with Crippen molar-refractivity contribution < 1.29 is 14.7 Å². The highest BCUT2D eigenvalue weighted by Gasteiger charge is 2.36. The number of nitrogens with zero attached hydrogens (tertiary/aromatic N) is 1. The van der Waals surface area contributed by atoms with E-state index in [0.717, 1.165) is 15.0 Å². The average Bonchev–Trinajstić information content (AvgIpc) is 2.94. The number of likely N-dealkylation sites (tertiary alicyclic amines) is 1. The van der Waals surface area contributed by atoms with Crippen LogP contribution in [0, 0.1) is 0 Å². The fourth-order valence-electron chi connectivity index (χ4n) is 2.47. The van der Waals surface area contributed by atoms with Gasteiger partial charge in [0, 0.05) is 16.0 Å². The van der Waals surface area contributed by atoms with E-state index in [9.17, 15) is 9.59 Å². The van der Waals surface area contributed by atoms with Crippen molar-refractivity contribution in [1.82, 2.24) is 4.90 Å². The van der Waals surface area contributed by atoms with E-state index in [1.165, 1.54) is 4.90 Å². The topological polar surface area (TPSA) is 57.6 Å². The normalized spacial score (nSPS) is 19.3. The van der Waals surface area contributed by atoms with Crippen molar-refractivity contribution in [2.75, 3.05) is 0 Å².